The number of carbonyl (C=O) groups is 1. The topological polar surface area (TPSA) is 95.5 Å². The maximum atomic E-state index is 12.5. The molecule has 3 aromatic carbocycles. The van der Waals surface area contributed by atoms with Gasteiger partial charge in [0, 0.05) is 30.6 Å². The van der Waals surface area contributed by atoms with E-state index >= 15 is 0 Å². The molecule has 1 aliphatic carbocycles. The van der Waals surface area contributed by atoms with E-state index in [9.17, 15) is 9.90 Å². The molecule has 2 atom stereocenters. The van der Waals surface area contributed by atoms with Gasteiger partial charge < -0.3 is 25.8 Å². The second-order valence-electron chi connectivity index (χ2n) is 13.2. The lowest BCUT2D eigenvalue weighted by molar-refractivity contribution is -0.126. The monoisotopic (exact) mass is 606 g/mol. The highest BCUT2D eigenvalue weighted by atomic mass is 16.5. The standard InChI is InChI=1S/C38H46N4O3/c1-26-20-29(28-10-7-6-8-11-28)22-35(40-26)41-32-16-14-27(15-17-32)21-33(42-36(44)25-45-5)34(43)24-39-38(18-19-38)31-13-9-12-30(23-31)37(2,3)4/h6-17,20,22-23,33-34,39,43H,18-19,21,24-25H2,1-5H3,(H,40,41)(H,42,44)/t33-,34+/m0/s1. The molecule has 7 heteroatoms. The van der Waals surface area contributed by atoms with Crippen molar-refractivity contribution in [2.75, 3.05) is 25.6 Å². The molecule has 1 saturated carbocycles. The van der Waals surface area contributed by atoms with Crippen molar-refractivity contribution in [3.8, 4) is 11.1 Å². The van der Waals surface area contributed by atoms with Gasteiger partial charge in [0.25, 0.3) is 0 Å². The van der Waals surface area contributed by atoms with Crippen LogP contribution in [0.1, 0.15) is 56.0 Å². The Hall–Kier alpha value is -4.04. The number of aliphatic hydroxyl groups excluding tert-OH is 1. The summed E-state index contributed by atoms with van der Waals surface area (Å²) in [5.41, 5.74) is 7.57. The molecular weight excluding hydrogens is 560 g/mol. The van der Waals surface area contributed by atoms with Crippen molar-refractivity contribution in [1.29, 1.82) is 0 Å². The first-order chi connectivity index (χ1) is 21.5. The summed E-state index contributed by atoms with van der Waals surface area (Å²) in [5.74, 6) is 0.522. The first-order valence-corrected chi connectivity index (χ1v) is 15.8. The first kappa shape index (κ1) is 32.4. The number of hydrogen-bond acceptors (Lipinski definition) is 6. The molecule has 1 heterocycles. The van der Waals surface area contributed by atoms with Gasteiger partial charge in [-0.05, 0) is 83.7 Å². The molecule has 1 amide bonds. The largest absolute Gasteiger partial charge is 0.390 e. The first-order valence-electron chi connectivity index (χ1n) is 15.8. The summed E-state index contributed by atoms with van der Waals surface area (Å²) in [6, 6.07) is 30.7. The molecule has 0 bridgehead atoms. The van der Waals surface area contributed by atoms with Gasteiger partial charge in [-0.15, -0.1) is 0 Å². The van der Waals surface area contributed by atoms with Gasteiger partial charge in [0.1, 0.15) is 12.4 Å². The molecule has 0 radical (unpaired) electrons. The van der Waals surface area contributed by atoms with E-state index in [4.69, 9.17) is 4.74 Å². The van der Waals surface area contributed by atoms with E-state index in [1.165, 1.54) is 18.2 Å². The van der Waals surface area contributed by atoms with Crippen LogP contribution in [0, 0.1) is 6.92 Å². The van der Waals surface area contributed by atoms with E-state index in [-0.39, 0.29) is 23.5 Å². The molecule has 0 saturated heterocycles. The fraction of sp³-hybridized carbons (Fsp3) is 0.368. The number of amides is 1. The van der Waals surface area contributed by atoms with E-state index < -0.39 is 12.1 Å². The maximum Gasteiger partial charge on any atom is 0.246 e. The van der Waals surface area contributed by atoms with Crippen molar-refractivity contribution in [2.24, 2.45) is 0 Å². The number of aryl methyl sites for hydroxylation is 1. The second-order valence-corrected chi connectivity index (χ2v) is 13.2. The molecule has 4 aromatic rings. The Bertz CT molecular complexity index is 1580. The molecule has 1 aliphatic rings. The molecule has 7 nitrogen and oxygen atoms in total. The summed E-state index contributed by atoms with van der Waals surface area (Å²) >= 11 is 0. The fourth-order valence-electron chi connectivity index (χ4n) is 5.74. The van der Waals surface area contributed by atoms with E-state index in [1.54, 1.807) is 0 Å². The van der Waals surface area contributed by atoms with Gasteiger partial charge in [-0.2, -0.15) is 0 Å². The number of aliphatic hydroxyl groups is 1. The van der Waals surface area contributed by atoms with Crippen molar-refractivity contribution in [3.05, 3.63) is 113 Å². The lowest BCUT2D eigenvalue weighted by Gasteiger charge is -2.28. The van der Waals surface area contributed by atoms with Gasteiger partial charge in [-0.1, -0.05) is 87.5 Å². The summed E-state index contributed by atoms with van der Waals surface area (Å²) in [7, 11) is 1.49. The summed E-state index contributed by atoms with van der Waals surface area (Å²) in [6.07, 6.45) is 1.72. The normalized spacial score (nSPS) is 15.2. The lowest BCUT2D eigenvalue weighted by atomic mass is 9.85. The van der Waals surface area contributed by atoms with E-state index in [2.05, 4.69) is 84.2 Å². The number of anilines is 2. The van der Waals surface area contributed by atoms with Crippen LogP contribution in [-0.4, -0.2) is 48.4 Å². The summed E-state index contributed by atoms with van der Waals surface area (Å²) < 4.78 is 5.05. The zero-order chi connectivity index (χ0) is 32.0. The molecule has 1 aromatic heterocycles. The van der Waals surface area contributed by atoms with Crippen molar-refractivity contribution in [2.45, 2.75) is 70.1 Å². The molecule has 0 spiro atoms. The van der Waals surface area contributed by atoms with Gasteiger partial charge in [0.15, 0.2) is 0 Å². The van der Waals surface area contributed by atoms with E-state index in [0.29, 0.717) is 13.0 Å². The third-order valence-electron chi connectivity index (χ3n) is 8.51. The van der Waals surface area contributed by atoms with Gasteiger partial charge in [-0.25, -0.2) is 4.98 Å². The van der Waals surface area contributed by atoms with Crippen LogP contribution in [0.15, 0.2) is 91.0 Å². The number of methoxy groups -OCH3 is 1. The zero-order valence-corrected chi connectivity index (χ0v) is 27.1. The second kappa shape index (κ2) is 13.9. The van der Waals surface area contributed by atoms with Crippen LogP contribution in [0.4, 0.5) is 11.5 Å². The van der Waals surface area contributed by atoms with Gasteiger partial charge in [0.05, 0.1) is 12.1 Å². The summed E-state index contributed by atoms with van der Waals surface area (Å²) in [5, 5.41) is 21.4. The number of pyridine rings is 1. The number of ether oxygens (including phenoxy) is 1. The highest BCUT2D eigenvalue weighted by Gasteiger charge is 2.44. The van der Waals surface area contributed by atoms with Crippen molar-refractivity contribution < 1.29 is 14.6 Å². The smallest absolute Gasteiger partial charge is 0.246 e. The molecule has 4 N–H and O–H groups in total. The van der Waals surface area contributed by atoms with Crippen LogP contribution < -0.4 is 16.0 Å². The van der Waals surface area contributed by atoms with Gasteiger partial charge in [-0.3, -0.25) is 4.79 Å². The van der Waals surface area contributed by atoms with Gasteiger partial charge in [0.2, 0.25) is 5.91 Å². The number of aromatic nitrogens is 1. The average molecular weight is 607 g/mol. The van der Waals surface area contributed by atoms with Crippen LogP contribution in [0.5, 0.6) is 0 Å². The molecule has 0 aliphatic heterocycles. The molecule has 1 fully saturated rings. The maximum absolute atomic E-state index is 12.5. The molecule has 5 rings (SSSR count). The number of nitrogens with one attached hydrogen (secondary N) is 3. The number of carbonyl (C=O) groups excluding carboxylic acids is 1. The van der Waals surface area contributed by atoms with Crippen LogP contribution in [0.2, 0.25) is 0 Å². The minimum Gasteiger partial charge on any atom is -0.390 e. The fourth-order valence-corrected chi connectivity index (χ4v) is 5.74. The average Bonchev–Trinajstić information content (AvgIpc) is 3.82. The molecule has 236 valence electrons. The minimum atomic E-state index is -0.792. The van der Waals surface area contributed by atoms with Gasteiger partial charge >= 0.3 is 0 Å². The SMILES string of the molecule is COCC(=O)N[C@@H](Cc1ccc(Nc2cc(-c3ccccc3)cc(C)n2)cc1)[C@H](O)CNC1(c2cccc(C(C)(C)C)c2)CC1. The Kier molecular flexibility index (Phi) is 10.0. The quantitative estimate of drug-likeness (QED) is 0.141. The highest BCUT2D eigenvalue weighted by molar-refractivity contribution is 5.77. The number of benzene rings is 3. The van der Waals surface area contributed by atoms with Crippen LogP contribution in [0.3, 0.4) is 0 Å². The Balaban J connectivity index is 1.25. The predicted molar refractivity (Wildman–Crippen MR) is 182 cm³/mol. The predicted octanol–water partition coefficient (Wildman–Crippen LogP) is 6.41. The zero-order valence-electron chi connectivity index (χ0n) is 27.1. The van der Waals surface area contributed by atoms with Crippen LogP contribution >= 0.6 is 0 Å². The minimum absolute atomic E-state index is 0.0580. The summed E-state index contributed by atoms with van der Waals surface area (Å²) in [4.78, 5) is 17.2. The van der Waals surface area contributed by atoms with Crippen molar-refractivity contribution >= 4 is 17.4 Å². The lowest BCUT2D eigenvalue weighted by Crippen LogP contribution is -2.50. The number of hydrogen-bond donors (Lipinski definition) is 4. The van der Waals surface area contributed by atoms with E-state index in [1.807, 2.05) is 55.5 Å². The Labute approximate surface area is 267 Å². The summed E-state index contributed by atoms with van der Waals surface area (Å²) in [6.45, 7) is 8.96. The van der Waals surface area contributed by atoms with Crippen molar-refractivity contribution in [1.82, 2.24) is 15.6 Å². The Morgan fingerprint density at radius 1 is 0.956 bits per heavy atom. The van der Waals surface area contributed by atoms with Crippen molar-refractivity contribution in [3.63, 3.8) is 0 Å². The number of nitrogens with zero attached hydrogens (tertiary/aromatic N) is 1. The van der Waals surface area contributed by atoms with Crippen LogP contribution in [-0.2, 0) is 26.9 Å². The molecule has 0 unspecified atom stereocenters. The number of rotatable bonds is 13. The van der Waals surface area contributed by atoms with E-state index in [0.717, 1.165) is 46.7 Å². The molecule has 45 heavy (non-hydrogen) atoms. The Morgan fingerprint density at radius 3 is 2.36 bits per heavy atom. The Morgan fingerprint density at radius 2 is 1.69 bits per heavy atom. The highest BCUT2D eigenvalue weighted by Crippen LogP contribution is 2.46. The third-order valence-corrected chi connectivity index (χ3v) is 8.51. The van der Waals surface area contributed by atoms with Crippen LogP contribution in [0.25, 0.3) is 11.1 Å². The molecular formula is C38H46N4O3. The third kappa shape index (κ3) is 8.57.